The summed E-state index contributed by atoms with van der Waals surface area (Å²) >= 11 is 0. The van der Waals surface area contributed by atoms with Gasteiger partial charge in [0.05, 0.1) is 5.52 Å². The number of carbonyl (C=O) groups excluding carboxylic acids is 1. The Balaban J connectivity index is 1.28. The van der Waals surface area contributed by atoms with Gasteiger partial charge in [0.1, 0.15) is 12.1 Å². The lowest BCUT2D eigenvalue weighted by Crippen LogP contribution is -2.29. The van der Waals surface area contributed by atoms with E-state index in [1.54, 1.807) is 4.68 Å². The first-order valence-corrected chi connectivity index (χ1v) is 9.63. The molecule has 1 amide bonds. The zero-order chi connectivity index (χ0) is 18.5. The Kier molecular flexibility index (Phi) is 5.44. The van der Waals surface area contributed by atoms with Gasteiger partial charge in [-0.3, -0.25) is 9.69 Å². The van der Waals surface area contributed by atoms with Gasteiger partial charge in [-0.2, -0.15) is 0 Å². The minimum Gasteiger partial charge on any atom is -0.350 e. The van der Waals surface area contributed by atoms with E-state index in [2.05, 4.69) is 44.8 Å². The summed E-state index contributed by atoms with van der Waals surface area (Å²) in [6.07, 6.45) is 3.98. The quantitative estimate of drug-likeness (QED) is 0.731. The Bertz CT molecular complexity index is 896. The monoisotopic (exact) mass is 363 g/mol. The number of fused-ring (bicyclic) bond motifs is 1. The van der Waals surface area contributed by atoms with Gasteiger partial charge in [0.15, 0.2) is 0 Å². The van der Waals surface area contributed by atoms with Crippen molar-refractivity contribution in [3.63, 3.8) is 0 Å². The normalized spacial score (nSPS) is 15.1. The summed E-state index contributed by atoms with van der Waals surface area (Å²) in [7, 11) is 0. The Hall–Kier alpha value is -2.73. The highest BCUT2D eigenvalue weighted by Gasteiger charge is 2.11. The molecule has 1 aromatic heterocycles. The minimum atomic E-state index is -0.0666. The molecule has 140 valence electrons. The molecule has 4 rings (SSSR count). The maximum Gasteiger partial charge on any atom is 0.242 e. The van der Waals surface area contributed by atoms with Gasteiger partial charge >= 0.3 is 0 Å². The highest BCUT2D eigenvalue weighted by atomic mass is 16.2. The lowest BCUT2D eigenvalue weighted by atomic mass is 10.1. The summed E-state index contributed by atoms with van der Waals surface area (Å²) in [6, 6.07) is 16.2. The molecule has 0 atom stereocenters. The molecule has 0 bridgehead atoms. The fourth-order valence-electron chi connectivity index (χ4n) is 3.56. The average Bonchev–Trinajstić information content (AvgIpc) is 3.11. The molecule has 6 nitrogen and oxygen atoms in total. The van der Waals surface area contributed by atoms with E-state index in [9.17, 15) is 4.79 Å². The first-order valence-electron chi connectivity index (χ1n) is 9.63. The summed E-state index contributed by atoms with van der Waals surface area (Å²) < 4.78 is 1.63. The second-order valence-corrected chi connectivity index (χ2v) is 7.17. The highest BCUT2D eigenvalue weighted by Crippen LogP contribution is 2.14. The lowest BCUT2D eigenvalue weighted by Gasteiger charge is -2.26. The number of hydrogen-bond acceptors (Lipinski definition) is 4. The van der Waals surface area contributed by atoms with Crippen LogP contribution >= 0.6 is 0 Å². The van der Waals surface area contributed by atoms with E-state index in [-0.39, 0.29) is 12.5 Å². The molecule has 27 heavy (non-hydrogen) atoms. The van der Waals surface area contributed by atoms with Crippen LogP contribution in [-0.4, -0.2) is 38.9 Å². The molecule has 2 aromatic carbocycles. The van der Waals surface area contributed by atoms with Crippen LogP contribution in [0.1, 0.15) is 30.4 Å². The van der Waals surface area contributed by atoms with E-state index in [1.165, 1.54) is 37.9 Å². The summed E-state index contributed by atoms with van der Waals surface area (Å²) in [5, 5.41) is 11.1. The summed E-state index contributed by atoms with van der Waals surface area (Å²) in [6.45, 7) is 4.12. The van der Waals surface area contributed by atoms with Crippen molar-refractivity contribution in [3.8, 4) is 0 Å². The van der Waals surface area contributed by atoms with Crippen LogP contribution in [-0.2, 0) is 24.4 Å². The van der Waals surface area contributed by atoms with E-state index in [4.69, 9.17) is 0 Å². The van der Waals surface area contributed by atoms with Crippen molar-refractivity contribution >= 4 is 16.9 Å². The number of aromatic nitrogens is 3. The number of piperidine rings is 1. The van der Waals surface area contributed by atoms with E-state index in [0.717, 1.165) is 23.1 Å². The SMILES string of the molecule is O=C(Cn1nnc2ccccc21)NCc1ccc(CN2CCCCC2)cc1. The lowest BCUT2D eigenvalue weighted by molar-refractivity contribution is -0.121. The minimum absolute atomic E-state index is 0.0666. The fourth-order valence-corrected chi connectivity index (χ4v) is 3.56. The molecule has 3 aromatic rings. The molecular formula is C21H25N5O. The van der Waals surface area contributed by atoms with E-state index in [1.807, 2.05) is 24.3 Å². The van der Waals surface area contributed by atoms with Crippen molar-refractivity contribution in [3.05, 3.63) is 59.7 Å². The van der Waals surface area contributed by atoms with Crippen LogP contribution in [0.25, 0.3) is 11.0 Å². The Morgan fingerprint density at radius 3 is 2.52 bits per heavy atom. The molecule has 1 aliphatic rings. The zero-order valence-corrected chi connectivity index (χ0v) is 15.5. The second kappa shape index (κ2) is 8.31. The molecule has 1 aliphatic heterocycles. The summed E-state index contributed by atoms with van der Waals surface area (Å²) in [5.41, 5.74) is 4.11. The third kappa shape index (κ3) is 4.52. The van der Waals surface area contributed by atoms with Crippen LogP contribution in [0.4, 0.5) is 0 Å². The molecule has 1 saturated heterocycles. The number of benzene rings is 2. The predicted octanol–water partition coefficient (Wildman–Crippen LogP) is 2.73. The second-order valence-electron chi connectivity index (χ2n) is 7.17. The summed E-state index contributed by atoms with van der Waals surface area (Å²) in [4.78, 5) is 14.8. The predicted molar refractivity (Wildman–Crippen MR) is 105 cm³/mol. The number of likely N-dealkylation sites (tertiary alicyclic amines) is 1. The number of nitrogens with one attached hydrogen (secondary N) is 1. The van der Waals surface area contributed by atoms with Crippen molar-refractivity contribution in [1.82, 2.24) is 25.2 Å². The molecule has 0 spiro atoms. The van der Waals surface area contributed by atoms with Crippen molar-refractivity contribution in [2.75, 3.05) is 13.1 Å². The number of amides is 1. The van der Waals surface area contributed by atoms with Crippen LogP contribution in [0.5, 0.6) is 0 Å². The fraction of sp³-hybridized carbons (Fsp3) is 0.381. The van der Waals surface area contributed by atoms with Gasteiger partial charge in [-0.1, -0.05) is 48.0 Å². The van der Waals surface area contributed by atoms with Gasteiger partial charge in [0.25, 0.3) is 0 Å². The van der Waals surface area contributed by atoms with Gasteiger partial charge in [0.2, 0.25) is 5.91 Å². The molecule has 0 radical (unpaired) electrons. The number of rotatable bonds is 6. The van der Waals surface area contributed by atoms with Gasteiger partial charge in [-0.25, -0.2) is 4.68 Å². The van der Waals surface area contributed by atoms with Crippen molar-refractivity contribution < 1.29 is 4.79 Å². The summed E-state index contributed by atoms with van der Waals surface area (Å²) in [5.74, 6) is -0.0666. The van der Waals surface area contributed by atoms with Crippen molar-refractivity contribution in [1.29, 1.82) is 0 Å². The first-order chi connectivity index (χ1) is 13.3. The molecule has 1 fully saturated rings. The van der Waals surface area contributed by atoms with Crippen LogP contribution in [0.2, 0.25) is 0 Å². The van der Waals surface area contributed by atoms with Crippen molar-refractivity contribution in [2.45, 2.75) is 38.9 Å². The number of hydrogen-bond donors (Lipinski definition) is 1. The smallest absolute Gasteiger partial charge is 0.242 e. The van der Waals surface area contributed by atoms with Gasteiger partial charge in [0, 0.05) is 13.1 Å². The van der Waals surface area contributed by atoms with Crippen LogP contribution < -0.4 is 5.32 Å². The third-order valence-electron chi connectivity index (χ3n) is 5.08. The van der Waals surface area contributed by atoms with Gasteiger partial charge in [-0.05, 0) is 49.2 Å². The van der Waals surface area contributed by atoms with Crippen LogP contribution in [0.15, 0.2) is 48.5 Å². The van der Waals surface area contributed by atoms with Crippen LogP contribution in [0, 0.1) is 0 Å². The standard InChI is InChI=1S/C21H25N5O/c27-21(16-26-20-7-3-2-6-19(20)23-24-26)22-14-17-8-10-18(11-9-17)15-25-12-4-1-5-13-25/h2-3,6-11H,1,4-5,12-16H2,(H,22,27). The Morgan fingerprint density at radius 2 is 1.70 bits per heavy atom. The van der Waals surface area contributed by atoms with E-state index in [0.29, 0.717) is 6.54 Å². The maximum absolute atomic E-state index is 12.3. The maximum atomic E-state index is 12.3. The number of nitrogens with zero attached hydrogens (tertiary/aromatic N) is 4. The van der Waals surface area contributed by atoms with Crippen LogP contribution in [0.3, 0.4) is 0 Å². The highest BCUT2D eigenvalue weighted by molar-refractivity contribution is 5.79. The molecule has 0 unspecified atom stereocenters. The molecule has 6 heteroatoms. The van der Waals surface area contributed by atoms with Gasteiger partial charge < -0.3 is 5.32 Å². The van der Waals surface area contributed by atoms with E-state index < -0.39 is 0 Å². The van der Waals surface area contributed by atoms with Crippen molar-refractivity contribution in [2.24, 2.45) is 0 Å². The molecule has 1 N–H and O–H groups in total. The topological polar surface area (TPSA) is 63.1 Å². The van der Waals surface area contributed by atoms with E-state index >= 15 is 0 Å². The number of carbonyl (C=O) groups is 1. The zero-order valence-electron chi connectivity index (χ0n) is 15.5. The Labute approximate surface area is 159 Å². The van der Waals surface area contributed by atoms with Gasteiger partial charge in [-0.15, -0.1) is 5.10 Å². The first kappa shape index (κ1) is 17.7. The third-order valence-corrected chi connectivity index (χ3v) is 5.08. The number of para-hydroxylation sites is 1. The molecule has 0 saturated carbocycles. The largest absolute Gasteiger partial charge is 0.350 e. The Morgan fingerprint density at radius 1 is 0.963 bits per heavy atom. The average molecular weight is 363 g/mol. The molecule has 0 aliphatic carbocycles. The molecular weight excluding hydrogens is 338 g/mol. The molecule has 2 heterocycles.